The fourth-order valence-corrected chi connectivity index (χ4v) is 6.08. The van der Waals surface area contributed by atoms with Crippen molar-refractivity contribution in [1.82, 2.24) is 40.3 Å². The van der Waals surface area contributed by atoms with Crippen LogP contribution in [0.2, 0.25) is 5.15 Å². The predicted molar refractivity (Wildman–Crippen MR) is 157 cm³/mol. The predicted octanol–water partition coefficient (Wildman–Crippen LogP) is 6.81. The number of pyridine rings is 2. The van der Waals surface area contributed by atoms with Gasteiger partial charge in [0.1, 0.15) is 15.2 Å². The normalized spacial score (nSPS) is 12.9. The maximum atomic E-state index is 9.35. The second kappa shape index (κ2) is 10.7. The molecule has 0 saturated heterocycles. The van der Waals surface area contributed by atoms with Gasteiger partial charge in [-0.2, -0.15) is 20.7 Å². The molecule has 6 heterocycles. The molecule has 0 radical (unpaired) electrons. The summed E-state index contributed by atoms with van der Waals surface area (Å²) >= 11 is 9.15. The van der Waals surface area contributed by atoms with E-state index in [-0.39, 0.29) is 0 Å². The molecule has 0 amide bonds. The van der Waals surface area contributed by atoms with Gasteiger partial charge in [-0.15, -0.1) is 22.7 Å². The standard InChI is InChI=1S/C14H13N5S.C13H10ClN5S/c1-3-14(2,8-15)11-7-20-13(18-11)9-4-5-16-12-10(9)6-17-19-12;1-13(2,6-15)8-5-20-12(17-8)7-3-4-16-11-9(7)10(14)18-19-11/h4-7H,3H2,1-2H3,(H,16,17,19);3-5H,1-2H3,(H,16,18,19). The van der Waals surface area contributed by atoms with Gasteiger partial charge in [0.25, 0.3) is 0 Å². The molecule has 0 aliphatic heterocycles. The Morgan fingerprint density at radius 1 is 0.925 bits per heavy atom. The van der Waals surface area contributed by atoms with Gasteiger partial charge in [0.15, 0.2) is 11.3 Å². The molecule has 2 N–H and O–H groups in total. The summed E-state index contributed by atoms with van der Waals surface area (Å²) in [5, 5.41) is 39.8. The quantitative estimate of drug-likeness (QED) is 0.223. The number of aromatic nitrogens is 8. The van der Waals surface area contributed by atoms with E-state index in [0.717, 1.165) is 55.4 Å². The van der Waals surface area contributed by atoms with Crippen molar-refractivity contribution in [2.75, 3.05) is 0 Å². The van der Waals surface area contributed by atoms with Gasteiger partial charge in [-0.1, -0.05) is 18.5 Å². The molecule has 13 heteroatoms. The van der Waals surface area contributed by atoms with Crippen molar-refractivity contribution >= 4 is 56.3 Å². The Balaban J connectivity index is 0.000000161. The molecule has 1 unspecified atom stereocenters. The fourth-order valence-electron chi connectivity index (χ4n) is 3.84. The number of nitriles is 2. The minimum Gasteiger partial charge on any atom is -0.264 e. The van der Waals surface area contributed by atoms with Gasteiger partial charge in [0.2, 0.25) is 0 Å². The smallest absolute Gasteiger partial charge is 0.183 e. The molecule has 0 aromatic carbocycles. The molecular weight excluding hydrogens is 564 g/mol. The summed E-state index contributed by atoms with van der Waals surface area (Å²) in [6.45, 7) is 7.62. The first-order valence-electron chi connectivity index (χ1n) is 12.2. The summed E-state index contributed by atoms with van der Waals surface area (Å²) < 4.78 is 0. The van der Waals surface area contributed by atoms with E-state index >= 15 is 0 Å². The maximum absolute atomic E-state index is 9.35. The van der Waals surface area contributed by atoms with E-state index in [2.05, 4.69) is 52.5 Å². The lowest BCUT2D eigenvalue weighted by Gasteiger charge is -2.15. The summed E-state index contributed by atoms with van der Waals surface area (Å²) in [5.74, 6) is 0. The van der Waals surface area contributed by atoms with Crippen molar-refractivity contribution < 1.29 is 0 Å². The van der Waals surface area contributed by atoms with Crippen LogP contribution >= 0.6 is 34.3 Å². The molecule has 0 saturated carbocycles. The number of nitrogens with zero attached hydrogens (tertiary/aromatic N) is 8. The number of nitrogens with one attached hydrogen (secondary N) is 2. The van der Waals surface area contributed by atoms with Crippen LogP contribution in [0.3, 0.4) is 0 Å². The SMILES string of the molecule is CC(C)(C#N)c1csc(-c2ccnc3n[nH]c(Cl)c23)n1.CCC(C)(C#N)c1csc(-c2ccnc3[nH]ncc23)n1. The van der Waals surface area contributed by atoms with Crippen LogP contribution in [-0.2, 0) is 10.8 Å². The number of halogens is 1. The Morgan fingerprint density at radius 2 is 1.60 bits per heavy atom. The molecule has 1 atom stereocenters. The van der Waals surface area contributed by atoms with Gasteiger partial charge in [-0.3, -0.25) is 10.2 Å². The molecular formula is C27H23ClN10S2. The zero-order valence-electron chi connectivity index (χ0n) is 22.0. The van der Waals surface area contributed by atoms with Crippen LogP contribution in [0.15, 0.2) is 41.5 Å². The Morgan fingerprint density at radius 3 is 2.33 bits per heavy atom. The molecule has 40 heavy (non-hydrogen) atoms. The van der Waals surface area contributed by atoms with Gasteiger partial charge < -0.3 is 0 Å². The lowest BCUT2D eigenvalue weighted by atomic mass is 9.86. The number of H-pyrrole nitrogens is 2. The largest absolute Gasteiger partial charge is 0.264 e. The average molecular weight is 587 g/mol. The van der Waals surface area contributed by atoms with Crippen LogP contribution in [0.25, 0.3) is 43.2 Å². The Labute approximate surface area is 242 Å². The van der Waals surface area contributed by atoms with E-state index in [9.17, 15) is 10.5 Å². The third-order valence-corrected chi connectivity index (χ3v) is 8.70. The first-order valence-corrected chi connectivity index (χ1v) is 14.4. The zero-order chi connectivity index (χ0) is 28.5. The van der Waals surface area contributed by atoms with E-state index in [1.54, 1.807) is 29.9 Å². The summed E-state index contributed by atoms with van der Waals surface area (Å²) in [7, 11) is 0. The van der Waals surface area contributed by atoms with E-state index < -0.39 is 10.8 Å². The van der Waals surface area contributed by atoms with Crippen molar-refractivity contribution in [3.05, 3.63) is 58.0 Å². The molecule has 0 bridgehead atoms. The monoisotopic (exact) mass is 586 g/mol. The minimum atomic E-state index is -0.610. The molecule has 0 aliphatic rings. The number of hydrogen-bond acceptors (Lipinski definition) is 10. The average Bonchev–Trinajstić information content (AvgIpc) is 3.79. The Kier molecular flexibility index (Phi) is 7.34. The molecule has 0 fully saturated rings. The lowest BCUT2D eigenvalue weighted by molar-refractivity contribution is 0.572. The lowest BCUT2D eigenvalue weighted by Crippen LogP contribution is -2.18. The molecule has 6 aromatic heterocycles. The highest BCUT2D eigenvalue weighted by Gasteiger charge is 2.28. The van der Waals surface area contributed by atoms with Crippen molar-refractivity contribution in [3.8, 4) is 33.3 Å². The number of hydrogen-bond donors (Lipinski definition) is 2. The second-order valence-corrected chi connectivity index (χ2v) is 11.8. The van der Waals surface area contributed by atoms with Gasteiger partial charge in [0.05, 0.1) is 45.9 Å². The summed E-state index contributed by atoms with van der Waals surface area (Å²) in [5.41, 5.74) is 3.62. The Bertz CT molecular complexity index is 1900. The van der Waals surface area contributed by atoms with E-state index in [1.807, 2.05) is 50.6 Å². The highest BCUT2D eigenvalue weighted by atomic mass is 35.5. The number of fused-ring (bicyclic) bond motifs is 2. The summed E-state index contributed by atoms with van der Waals surface area (Å²) in [6, 6.07) is 8.39. The molecule has 6 rings (SSSR count). The highest BCUT2D eigenvalue weighted by Crippen LogP contribution is 2.36. The maximum Gasteiger partial charge on any atom is 0.183 e. The minimum absolute atomic E-state index is 0.444. The number of aromatic amines is 2. The molecule has 200 valence electrons. The second-order valence-electron chi connectivity index (χ2n) is 9.70. The van der Waals surface area contributed by atoms with Gasteiger partial charge in [-0.05, 0) is 39.3 Å². The van der Waals surface area contributed by atoms with E-state index in [4.69, 9.17) is 11.6 Å². The molecule has 10 nitrogen and oxygen atoms in total. The topological polar surface area (TPSA) is 156 Å². The zero-order valence-corrected chi connectivity index (χ0v) is 24.4. The number of rotatable bonds is 5. The van der Waals surface area contributed by atoms with Crippen LogP contribution < -0.4 is 0 Å². The van der Waals surface area contributed by atoms with Gasteiger partial charge in [0, 0.05) is 39.7 Å². The first kappa shape index (κ1) is 27.3. The molecule has 0 aliphatic carbocycles. The van der Waals surface area contributed by atoms with Crippen molar-refractivity contribution in [3.63, 3.8) is 0 Å². The molecule has 6 aromatic rings. The summed E-state index contributed by atoms with van der Waals surface area (Å²) in [4.78, 5) is 17.6. The Hall–Kier alpha value is -4.23. The summed E-state index contributed by atoms with van der Waals surface area (Å²) in [6.07, 6.45) is 5.90. The first-order chi connectivity index (χ1) is 19.2. The number of thiazole rings is 2. The third kappa shape index (κ3) is 4.93. The highest BCUT2D eigenvalue weighted by molar-refractivity contribution is 7.13. The van der Waals surface area contributed by atoms with Crippen LogP contribution in [0.1, 0.15) is 45.5 Å². The van der Waals surface area contributed by atoms with Gasteiger partial charge >= 0.3 is 0 Å². The third-order valence-electron chi connectivity index (χ3n) is 6.67. The van der Waals surface area contributed by atoms with Crippen molar-refractivity contribution in [1.29, 1.82) is 10.5 Å². The molecule has 0 spiro atoms. The fraction of sp³-hybridized carbons (Fsp3) is 0.259. The van der Waals surface area contributed by atoms with Crippen LogP contribution in [0, 0.1) is 22.7 Å². The van der Waals surface area contributed by atoms with Crippen LogP contribution in [0.4, 0.5) is 0 Å². The van der Waals surface area contributed by atoms with Crippen molar-refractivity contribution in [2.24, 2.45) is 0 Å². The van der Waals surface area contributed by atoms with E-state index in [1.165, 1.54) is 11.3 Å². The van der Waals surface area contributed by atoms with Gasteiger partial charge in [-0.25, -0.2) is 19.9 Å². The van der Waals surface area contributed by atoms with Crippen molar-refractivity contribution in [2.45, 2.75) is 44.9 Å². The van der Waals surface area contributed by atoms with Crippen LogP contribution in [-0.4, -0.2) is 40.3 Å². The van der Waals surface area contributed by atoms with Crippen LogP contribution in [0.5, 0.6) is 0 Å². The van der Waals surface area contributed by atoms with E-state index in [0.29, 0.717) is 10.8 Å².